The number of rotatable bonds is 8. The summed E-state index contributed by atoms with van der Waals surface area (Å²) in [5.74, 6) is 0.411. The smallest absolute Gasteiger partial charge is 0.407 e. The number of aryl methyl sites for hydroxylation is 1. The van der Waals surface area contributed by atoms with Crippen molar-refractivity contribution in [3.8, 4) is 0 Å². The van der Waals surface area contributed by atoms with E-state index in [1.54, 1.807) is 0 Å². The van der Waals surface area contributed by atoms with Gasteiger partial charge in [-0.15, -0.1) is 0 Å². The second kappa shape index (κ2) is 10.6. The van der Waals surface area contributed by atoms with Gasteiger partial charge in [0.2, 0.25) is 0 Å². The first-order valence-electron chi connectivity index (χ1n) is 10.5. The lowest BCUT2D eigenvalue weighted by Gasteiger charge is -2.32. The van der Waals surface area contributed by atoms with Crippen molar-refractivity contribution in [2.75, 3.05) is 26.2 Å². The number of likely N-dealkylation sites (tertiary alicyclic amines) is 1. The number of hydrogen-bond donors (Lipinski definition) is 3. The van der Waals surface area contributed by atoms with E-state index in [0.717, 1.165) is 36.5 Å². The summed E-state index contributed by atoms with van der Waals surface area (Å²) in [7, 11) is 0. The Morgan fingerprint density at radius 1 is 1.41 bits per heavy atom. The Kier molecular flexibility index (Phi) is 8.76. The minimum absolute atomic E-state index is 0.170. The Morgan fingerprint density at radius 2 is 2.14 bits per heavy atom. The standard InChI is InChI=1S/C22H37ClN4O2/c1-15-6-7-18(12-19(15)23)16(2)26-20(8-10-24)27-11-9-17(14-27)13-25-21(28)29-22(3,4)5/h6-7,12,16-17,20,26H,8-11,13-14,24H2,1-5H3,(H,25,28). The molecule has 29 heavy (non-hydrogen) atoms. The average molecular weight is 425 g/mol. The third-order valence-electron chi connectivity index (χ3n) is 5.27. The third-order valence-corrected chi connectivity index (χ3v) is 5.68. The molecule has 1 heterocycles. The van der Waals surface area contributed by atoms with Gasteiger partial charge in [-0.25, -0.2) is 4.79 Å². The normalized spacial score (nSPS) is 19.8. The fourth-order valence-electron chi connectivity index (χ4n) is 3.65. The van der Waals surface area contributed by atoms with Gasteiger partial charge in [0.05, 0.1) is 6.17 Å². The number of carbonyl (C=O) groups excluding carboxylic acids is 1. The zero-order chi connectivity index (χ0) is 21.6. The highest BCUT2D eigenvalue weighted by molar-refractivity contribution is 6.31. The molecule has 164 valence electrons. The molecule has 1 amide bonds. The lowest BCUT2D eigenvalue weighted by atomic mass is 10.1. The molecule has 1 aliphatic rings. The van der Waals surface area contributed by atoms with Crippen LogP contribution in [-0.4, -0.2) is 48.9 Å². The zero-order valence-corrected chi connectivity index (χ0v) is 19.2. The van der Waals surface area contributed by atoms with Crippen molar-refractivity contribution in [3.63, 3.8) is 0 Å². The molecule has 1 fully saturated rings. The summed E-state index contributed by atoms with van der Waals surface area (Å²) in [5, 5.41) is 7.41. The van der Waals surface area contributed by atoms with Crippen LogP contribution in [0.5, 0.6) is 0 Å². The molecule has 3 atom stereocenters. The van der Waals surface area contributed by atoms with E-state index in [9.17, 15) is 4.79 Å². The number of halogens is 1. The van der Waals surface area contributed by atoms with Gasteiger partial charge in [-0.2, -0.15) is 0 Å². The van der Waals surface area contributed by atoms with Crippen LogP contribution in [0.15, 0.2) is 18.2 Å². The first-order valence-corrected chi connectivity index (χ1v) is 10.9. The molecule has 0 radical (unpaired) electrons. The van der Waals surface area contributed by atoms with Gasteiger partial charge in [-0.1, -0.05) is 23.7 Å². The van der Waals surface area contributed by atoms with Crippen LogP contribution in [0.2, 0.25) is 5.02 Å². The minimum atomic E-state index is -0.475. The molecule has 6 nitrogen and oxygen atoms in total. The summed E-state index contributed by atoms with van der Waals surface area (Å²) >= 11 is 6.30. The summed E-state index contributed by atoms with van der Waals surface area (Å²) in [6, 6.07) is 6.38. The van der Waals surface area contributed by atoms with Crippen molar-refractivity contribution in [2.24, 2.45) is 11.7 Å². The van der Waals surface area contributed by atoms with E-state index in [-0.39, 0.29) is 18.3 Å². The van der Waals surface area contributed by atoms with Gasteiger partial charge in [0.1, 0.15) is 5.60 Å². The Balaban J connectivity index is 1.89. The summed E-state index contributed by atoms with van der Waals surface area (Å²) < 4.78 is 5.33. The molecule has 1 aliphatic heterocycles. The molecule has 3 unspecified atom stereocenters. The Hall–Kier alpha value is -1.34. The molecule has 0 aromatic heterocycles. The van der Waals surface area contributed by atoms with Crippen LogP contribution in [0.3, 0.4) is 0 Å². The zero-order valence-electron chi connectivity index (χ0n) is 18.4. The number of carbonyl (C=O) groups is 1. The largest absolute Gasteiger partial charge is 0.444 e. The maximum absolute atomic E-state index is 11.9. The molecular weight excluding hydrogens is 388 g/mol. The summed E-state index contributed by atoms with van der Waals surface area (Å²) in [5.41, 5.74) is 7.67. The van der Waals surface area contributed by atoms with Gasteiger partial charge in [-0.3, -0.25) is 10.2 Å². The molecule has 1 aromatic carbocycles. The summed E-state index contributed by atoms with van der Waals surface area (Å²) in [6.45, 7) is 12.9. The van der Waals surface area contributed by atoms with E-state index in [1.165, 1.54) is 5.56 Å². The molecule has 0 aliphatic carbocycles. The van der Waals surface area contributed by atoms with E-state index in [2.05, 4.69) is 34.6 Å². The van der Waals surface area contributed by atoms with Crippen molar-refractivity contribution in [3.05, 3.63) is 34.3 Å². The number of hydrogen-bond acceptors (Lipinski definition) is 5. The number of benzene rings is 1. The second-order valence-corrected chi connectivity index (χ2v) is 9.43. The van der Waals surface area contributed by atoms with Crippen molar-refractivity contribution >= 4 is 17.7 Å². The second-order valence-electron chi connectivity index (χ2n) is 9.02. The minimum Gasteiger partial charge on any atom is -0.444 e. The Bertz CT molecular complexity index is 677. The third kappa shape index (κ3) is 7.78. The maximum Gasteiger partial charge on any atom is 0.407 e. The number of nitrogens with two attached hydrogens (primary N) is 1. The van der Waals surface area contributed by atoms with Crippen molar-refractivity contribution in [2.45, 2.75) is 65.3 Å². The monoisotopic (exact) mass is 424 g/mol. The number of nitrogens with zero attached hydrogens (tertiary/aromatic N) is 1. The van der Waals surface area contributed by atoms with Crippen LogP contribution in [-0.2, 0) is 4.74 Å². The fraction of sp³-hybridized carbons (Fsp3) is 0.682. The molecule has 2 rings (SSSR count). The Labute approximate surface area is 180 Å². The topological polar surface area (TPSA) is 79.6 Å². The molecule has 1 aromatic rings. The van der Waals surface area contributed by atoms with Crippen LogP contribution in [0, 0.1) is 12.8 Å². The molecule has 4 N–H and O–H groups in total. The van der Waals surface area contributed by atoms with Crippen molar-refractivity contribution in [1.29, 1.82) is 0 Å². The molecule has 0 saturated carbocycles. The molecule has 0 spiro atoms. The first-order chi connectivity index (χ1) is 13.6. The maximum atomic E-state index is 11.9. The van der Waals surface area contributed by atoms with Crippen LogP contribution < -0.4 is 16.4 Å². The van der Waals surface area contributed by atoms with Gasteiger partial charge < -0.3 is 15.8 Å². The number of amides is 1. The van der Waals surface area contributed by atoms with Crippen LogP contribution in [0.1, 0.15) is 57.7 Å². The molecule has 7 heteroatoms. The number of ether oxygens (including phenoxy) is 1. The van der Waals surface area contributed by atoms with E-state index >= 15 is 0 Å². The number of nitrogens with one attached hydrogen (secondary N) is 2. The van der Waals surface area contributed by atoms with E-state index in [0.29, 0.717) is 19.0 Å². The van der Waals surface area contributed by atoms with Gasteiger partial charge >= 0.3 is 6.09 Å². The van der Waals surface area contributed by atoms with Gasteiger partial charge in [-0.05, 0) is 77.1 Å². The highest BCUT2D eigenvalue weighted by Gasteiger charge is 2.29. The van der Waals surface area contributed by atoms with Crippen LogP contribution in [0.25, 0.3) is 0 Å². The fourth-order valence-corrected chi connectivity index (χ4v) is 3.84. The highest BCUT2D eigenvalue weighted by Crippen LogP contribution is 2.24. The van der Waals surface area contributed by atoms with Crippen LogP contribution in [0.4, 0.5) is 4.79 Å². The predicted octanol–water partition coefficient (Wildman–Crippen LogP) is 3.82. The van der Waals surface area contributed by atoms with Gasteiger partial charge in [0.25, 0.3) is 0 Å². The molecule has 0 bridgehead atoms. The van der Waals surface area contributed by atoms with Crippen molar-refractivity contribution < 1.29 is 9.53 Å². The molecular formula is C22H37ClN4O2. The highest BCUT2D eigenvalue weighted by atomic mass is 35.5. The predicted molar refractivity (Wildman–Crippen MR) is 119 cm³/mol. The van der Waals surface area contributed by atoms with Crippen LogP contribution >= 0.6 is 11.6 Å². The number of alkyl carbamates (subject to hydrolysis) is 1. The quantitative estimate of drug-likeness (QED) is 0.591. The van der Waals surface area contributed by atoms with Gasteiger partial charge in [0.15, 0.2) is 0 Å². The summed E-state index contributed by atoms with van der Waals surface area (Å²) in [4.78, 5) is 14.3. The van der Waals surface area contributed by atoms with E-state index < -0.39 is 5.60 Å². The van der Waals surface area contributed by atoms with E-state index in [4.69, 9.17) is 22.1 Å². The Morgan fingerprint density at radius 3 is 2.76 bits per heavy atom. The van der Waals surface area contributed by atoms with Crippen molar-refractivity contribution in [1.82, 2.24) is 15.5 Å². The molecule has 1 saturated heterocycles. The SMILES string of the molecule is Cc1ccc(C(C)NC(CCN)N2CCC(CNC(=O)OC(C)(C)C)C2)cc1Cl. The average Bonchev–Trinajstić information content (AvgIpc) is 3.09. The first kappa shape index (κ1) is 23.9. The lowest BCUT2D eigenvalue weighted by Crippen LogP contribution is -2.47. The summed E-state index contributed by atoms with van der Waals surface area (Å²) in [6.07, 6.45) is 1.76. The van der Waals surface area contributed by atoms with E-state index in [1.807, 2.05) is 33.8 Å². The van der Waals surface area contributed by atoms with Gasteiger partial charge in [0, 0.05) is 30.7 Å². The lowest BCUT2D eigenvalue weighted by molar-refractivity contribution is 0.0519.